The second-order valence-electron chi connectivity index (χ2n) is 7.70. The second kappa shape index (κ2) is 9.19. The maximum atomic E-state index is 14.9. The van der Waals surface area contributed by atoms with Gasteiger partial charge in [0.1, 0.15) is 11.9 Å². The van der Waals surface area contributed by atoms with Gasteiger partial charge in [0.15, 0.2) is 0 Å². The van der Waals surface area contributed by atoms with E-state index in [1.54, 1.807) is 12.1 Å². The predicted octanol–water partition coefficient (Wildman–Crippen LogP) is 1.72. The molecule has 0 radical (unpaired) electrons. The monoisotopic (exact) mass is 422 g/mol. The van der Waals surface area contributed by atoms with Gasteiger partial charge in [0, 0.05) is 26.6 Å². The van der Waals surface area contributed by atoms with Crippen LogP contribution in [0, 0.1) is 17.7 Å². The summed E-state index contributed by atoms with van der Waals surface area (Å²) in [5, 5.41) is 5.31. The average molecular weight is 422 g/mol. The molecule has 164 valence electrons. The molecule has 2 aliphatic rings. The fraction of sp³-hybridized carbons (Fsp3) is 0.550. The van der Waals surface area contributed by atoms with Crippen molar-refractivity contribution in [2.75, 3.05) is 49.6 Å². The summed E-state index contributed by atoms with van der Waals surface area (Å²) in [6.07, 6.45) is -1.53. The summed E-state index contributed by atoms with van der Waals surface area (Å²) >= 11 is 0. The molecule has 0 aliphatic carbocycles. The molecule has 3 amide bonds. The Bertz CT molecular complexity index is 820. The highest BCUT2D eigenvalue weighted by Crippen LogP contribution is 2.32. The summed E-state index contributed by atoms with van der Waals surface area (Å²) in [7, 11) is 1.31. The topological polar surface area (TPSA) is 100 Å². The van der Waals surface area contributed by atoms with Crippen molar-refractivity contribution in [3.63, 3.8) is 0 Å². The molecule has 0 aromatic heterocycles. The largest absolute Gasteiger partial charge is 0.453 e. The van der Waals surface area contributed by atoms with Crippen molar-refractivity contribution in [3.8, 4) is 0 Å². The van der Waals surface area contributed by atoms with Crippen molar-refractivity contribution < 1.29 is 28.2 Å². The molecule has 2 saturated heterocycles. The molecule has 3 atom stereocenters. The highest BCUT2D eigenvalue weighted by Gasteiger charge is 2.34. The molecule has 9 nitrogen and oxygen atoms in total. The molecule has 1 aromatic carbocycles. The molecule has 0 unspecified atom stereocenters. The standard InChI is InChI=1S/C20H27FN4O5/c1-12-9-24(10-14(12)7-23-19(27)29-3)18-5-4-15(6-17(18)21)25-11-16(30-20(25)28)8-22-13(2)26/h4-6,12,14,16H,7-11H2,1-3H3,(H,22,26)(H,23,27)/t12-,14-,16+/m1/s1. The first kappa shape index (κ1) is 21.7. The maximum absolute atomic E-state index is 14.9. The molecule has 2 N–H and O–H groups in total. The Labute approximate surface area is 174 Å². The van der Waals surface area contributed by atoms with Crippen molar-refractivity contribution in [1.82, 2.24) is 10.6 Å². The fourth-order valence-corrected chi connectivity index (χ4v) is 3.80. The zero-order chi connectivity index (χ0) is 21.8. The van der Waals surface area contributed by atoms with Crippen molar-refractivity contribution in [2.45, 2.75) is 20.0 Å². The number of hydrogen-bond acceptors (Lipinski definition) is 6. The van der Waals surface area contributed by atoms with Crippen LogP contribution in [0.3, 0.4) is 0 Å². The number of carbonyl (C=O) groups is 3. The minimum atomic E-state index is -0.568. The molecule has 3 rings (SSSR count). The van der Waals surface area contributed by atoms with Crippen LogP contribution >= 0.6 is 0 Å². The number of benzene rings is 1. The Kier molecular flexibility index (Phi) is 6.63. The normalized spacial score (nSPS) is 23.3. The Morgan fingerprint density at radius 3 is 2.67 bits per heavy atom. The van der Waals surface area contributed by atoms with E-state index in [1.165, 1.54) is 25.0 Å². The predicted molar refractivity (Wildman–Crippen MR) is 108 cm³/mol. The van der Waals surface area contributed by atoms with Crippen LogP contribution in [0.15, 0.2) is 18.2 Å². The summed E-state index contributed by atoms with van der Waals surface area (Å²) in [6.45, 7) is 5.62. The molecule has 2 aliphatic heterocycles. The van der Waals surface area contributed by atoms with Crippen LogP contribution in [-0.2, 0) is 14.3 Å². The van der Waals surface area contributed by atoms with E-state index >= 15 is 0 Å². The molecule has 2 heterocycles. The number of rotatable bonds is 6. The highest BCUT2D eigenvalue weighted by atomic mass is 19.1. The molecular weight excluding hydrogens is 395 g/mol. The maximum Gasteiger partial charge on any atom is 0.414 e. The molecular formula is C20H27FN4O5. The number of hydrogen-bond donors (Lipinski definition) is 2. The Hall–Kier alpha value is -3.04. The number of anilines is 2. The third kappa shape index (κ3) is 4.92. The first-order valence-electron chi connectivity index (χ1n) is 9.87. The van der Waals surface area contributed by atoms with E-state index in [-0.39, 0.29) is 30.8 Å². The van der Waals surface area contributed by atoms with Crippen molar-refractivity contribution in [1.29, 1.82) is 0 Å². The van der Waals surface area contributed by atoms with Gasteiger partial charge in [-0.3, -0.25) is 9.69 Å². The van der Waals surface area contributed by atoms with E-state index in [0.29, 0.717) is 31.0 Å². The van der Waals surface area contributed by atoms with Crippen LogP contribution in [0.2, 0.25) is 0 Å². The Morgan fingerprint density at radius 2 is 2.00 bits per heavy atom. The number of halogens is 1. The van der Waals surface area contributed by atoms with Crippen molar-refractivity contribution in [3.05, 3.63) is 24.0 Å². The van der Waals surface area contributed by atoms with Gasteiger partial charge in [-0.1, -0.05) is 6.92 Å². The van der Waals surface area contributed by atoms with E-state index in [1.807, 2.05) is 4.90 Å². The summed E-state index contributed by atoms with van der Waals surface area (Å²) in [4.78, 5) is 37.8. The van der Waals surface area contributed by atoms with Gasteiger partial charge in [-0.25, -0.2) is 14.0 Å². The average Bonchev–Trinajstić information content (AvgIpc) is 3.26. The fourth-order valence-electron chi connectivity index (χ4n) is 3.80. The van der Waals surface area contributed by atoms with Gasteiger partial charge >= 0.3 is 12.2 Å². The quantitative estimate of drug-likeness (QED) is 0.724. The molecule has 2 fully saturated rings. The van der Waals surface area contributed by atoms with Gasteiger partial charge in [-0.2, -0.15) is 0 Å². The lowest BCUT2D eigenvalue weighted by Crippen LogP contribution is -2.33. The molecule has 0 spiro atoms. The van der Waals surface area contributed by atoms with Crippen LogP contribution in [0.1, 0.15) is 13.8 Å². The number of nitrogens with one attached hydrogen (secondary N) is 2. The minimum absolute atomic E-state index is 0.172. The second-order valence-corrected chi connectivity index (χ2v) is 7.70. The highest BCUT2D eigenvalue weighted by molar-refractivity contribution is 5.90. The van der Waals surface area contributed by atoms with E-state index in [2.05, 4.69) is 22.3 Å². The first-order chi connectivity index (χ1) is 14.3. The number of methoxy groups -OCH3 is 1. The lowest BCUT2D eigenvalue weighted by atomic mass is 9.98. The van der Waals surface area contributed by atoms with Gasteiger partial charge in [0.2, 0.25) is 5.91 Å². The molecule has 0 bridgehead atoms. The van der Waals surface area contributed by atoms with E-state index in [9.17, 15) is 18.8 Å². The SMILES string of the molecule is COC(=O)NC[C@@H]1CN(c2ccc(N3C[C@H](CNC(C)=O)OC3=O)cc2F)C[C@H]1C. The Morgan fingerprint density at radius 1 is 1.23 bits per heavy atom. The smallest absolute Gasteiger partial charge is 0.414 e. The molecule has 30 heavy (non-hydrogen) atoms. The summed E-state index contributed by atoms with van der Waals surface area (Å²) in [5.41, 5.74) is 0.858. The number of alkyl carbamates (subject to hydrolysis) is 1. The van der Waals surface area contributed by atoms with Gasteiger partial charge in [-0.15, -0.1) is 0 Å². The third-order valence-electron chi connectivity index (χ3n) is 5.50. The molecule has 1 aromatic rings. The molecule has 10 heteroatoms. The number of nitrogens with zero attached hydrogens (tertiary/aromatic N) is 2. The van der Waals surface area contributed by atoms with E-state index in [0.717, 1.165) is 0 Å². The van der Waals surface area contributed by atoms with Crippen LogP contribution in [0.25, 0.3) is 0 Å². The first-order valence-corrected chi connectivity index (χ1v) is 9.87. The zero-order valence-electron chi connectivity index (χ0n) is 17.3. The van der Waals surface area contributed by atoms with E-state index < -0.39 is 24.1 Å². The van der Waals surface area contributed by atoms with Gasteiger partial charge in [-0.05, 0) is 30.0 Å². The Balaban J connectivity index is 1.64. The summed E-state index contributed by atoms with van der Waals surface area (Å²) in [5.74, 6) is -0.199. The van der Waals surface area contributed by atoms with Crippen LogP contribution in [-0.4, -0.2) is 64.0 Å². The van der Waals surface area contributed by atoms with Crippen LogP contribution in [0.4, 0.5) is 25.4 Å². The van der Waals surface area contributed by atoms with Gasteiger partial charge < -0.3 is 25.0 Å². The van der Waals surface area contributed by atoms with Crippen LogP contribution in [0.5, 0.6) is 0 Å². The van der Waals surface area contributed by atoms with Gasteiger partial charge in [0.05, 0.1) is 31.6 Å². The number of amides is 3. The minimum Gasteiger partial charge on any atom is -0.453 e. The molecule has 0 saturated carbocycles. The summed E-state index contributed by atoms with van der Waals surface area (Å²) < 4.78 is 24.7. The summed E-state index contributed by atoms with van der Waals surface area (Å²) in [6, 6.07) is 4.66. The lowest BCUT2D eigenvalue weighted by Gasteiger charge is -2.21. The van der Waals surface area contributed by atoms with Gasteiger partial charge in [0.25, 0.3) is 0 Å². The van der Waals surface area contributed by atoms with E-state index in [4.69, 9.17) is 4.74 Å². The van der Waals surface area contributed by atoms with Crippen molar-refractivity contribution in [2.24, 2.45) is 11.8 Å². The number of cyclic esters (lactones) is 1. The lowest BCUT2D eigenvalue weighted by molar-refractivity contribution is -0.119. The number of ether oxygens (including phenoxy) is 2. The van der Waals surface area contributed by atoms with Crippen LogP contribution < -0.4 is 20.4 Å². The van der Waals surface area contributed by atoms with Crippen molar-refractivity contribution >= 4 is 29.5 Å². The number of carbonyl (C=O) groups excluding carboxylic acids is 3. The zero-order valence-corrected chi connectivity index (χ0v) is 17.3. The third-order valence-corrected chi connectivity index (χ3v) is 5.50.